The van der Waals surface area contributed by atoms with E-state index in [9.17, 15) is 9.59 Å². The van der Waals surface area contributed by atoms with Crippen LogP contribution in [0.2, 0.25) is 0 Å². The Morgan fingerprint density at radius 3 is 2.53 bits per heavy atom. The number of hydrogen-bond acceptors (Lipinski definition) is 6. The summed E-state index contributed by atoms with van der Waals surface area (Å²) in [5.74, 6) is -0.355. The molecule has 0 unspecified atom stereocenters. The molecular formula is C27H23IN2O5S. The fraction of sp³-hybridized carbons (Fsp3) is 0.148. The van der Waals surface area contributed by atoms with Crippen molar-refractivity contribution in [2.24, 2.45) is 4.99 Å². The van der Waals surface area contributed by atoms with Crippen LogP contribution < -0.4 is 4.74 Å². The first kappa shape index (κ1) is 25.9. The minimum Gasteiger partial charge on any atom is -0.488 e. The highest BCUT2D eigenvalue weighted by atomic mass is 127. The number of thioether (sulfide) groups is 1. The van der Waals surface area contributed by atoms with Crippen LogP contribution in [-0.4, -0.2) is 47.3 Å². The number of amides is 1. The van der Waals surface area contributed by atoms with Crippen molar-refractivity contribution in [1.29, 1.82) is 0 Å². The summed E-state index contributed by atoms with van der Waals surface area (Å²) in [4.78, 5) is 31.0. The molecule has 1 aliphatic rings. The fourth-order valence-corrected chi connectivity index (χ4v) is 5.08. The van der Waals surface area contributed by atoms with Gasteiger partial charge in [0, 0.05) is 7.11 Å². The van der Waals surface area contributed by atoms with Crippen molar-refractivity contribution >= 4 is 63.2 Å². The standard InChI is InChI=1S/C27H23IN2O5S/c1-34-14-13-30-25(31)24(36-27(30)29-21-5-3-2-4-6-21)16-19-9-12-23(22(28)15-19)35-17-18-7-10-20(11-8-18)26(32)33/h2-12,15-16H,13-14,17H2,1H3,(H,32,33)/b24-16+,29-27?. The summed E-state index contributed by atoms with van der Waals surface area (Å²) in [6, 6.07) is 21.9. The number of rotatable bonds is 9. The summed E-state index contributed by atoms with van der Waals surface area (Å²) >= 11 is 3.55. The van der Waals surface area contributed by atoms with E-state index in [0.717, 1.165) is 20.4 Å². The van der Waals surface area contributed by atoms with E-state index in [-0.39, 0.29) is 11.5 Å². The van der Waals surface area contributed by atoms with Gasteiger partial charge in [0.1, 0.15) is 12.4 Å². The summed E-state index contributed by atoms with van der Waals surface area (Å²) in [7, 11) is 1.61. The average molecular weight is 614 g/mol. The van der Waals surface area contributed by atoms with Gasteiger partial charge in [-0.25, -0.2) is 9.79 Å². The highest BCUT2D eigenvalue weighted by Crippen LogP contribution is 2.35. The van der Waals surface area contributed by atoms with Crippen molar-refractivity contribution in [2.75, 3.05) is 20.3 Å². The summed E-state index contributed by atoms with van der Waals surface area (Å²) in [5.41, 5.74) is 2.77. The van der Waals surface area contributed by atoms with Crippen LogP contribution >= 0.6 is 34.4 Å². The van der Waals surface area contributed by atoms with E-state index in [1.807, 2.05) is 54.6 Å². The van der Waals surface area contributed by atoms with Crippen molar-refractivity contribution in [3.05, 3.63) is 98.0 Å². The smallest absolute Gasteiger partial charge is 0.335 e. The van der Waals surface area contributed by atoms with Crippen LogP contribution in [-0.2, 0) is 16.1 Å². The number of aliphatic imine (C=N–C) groups is 1. The number of carboxylic acids is 1. The Labute approximate surface area is 227 Å². The molecule has 0 aliphatic carbocycles. The maximum atomic E-state index is 13.1. The van der Waals surface area contributed by atoms with Gasteiger partial charge in [0.25, 0.3) is 5.91 Å². The number of aromatic carboxylic acids is 1. The Hall–Kier alpha value is -3.15. The third-order valence-corrected chi connectivity index (χ3v) is 7.09. The van der Waals surface area contributed by atoms with Crippen LogP contribution in [0.25, 0.3) is 6.08 Å². The molecule has 0 atom stereocenters. The first-order valence-electron chi connectivity index (χ1n) is 11.0. The van der Waals surface area contributed by atoms with E-state index < -0.39 is 5.97 Å². The third-order valence-electron chi connectivity index (χ3n) is 5.24. The maximum absolute atomic E-state index is 13.1. The monoisotopic (exact) mass is 614 g/mol. The van der Waals surface area contributed by atoms with Gasteiger partial charge in [0.05, 0.1) is 32.9 Å². The van der Waals surface area contributed by atoms with Crippen molar-refractivity contribution in [3.8, 4) is 5.75 Å². The Balaban J connectivity index is 1.49. The third kappa shape index (κ3) is 6.54. The number of benzene rings is 3. The van der Waals surface area contributed by atoms with Gasteiger partial charge in [-0.2, -0.15) is 0 Å². The van der Waals surface area contributed by atoms with Gasteiger partial charge < -0.3 is 14.6 Å². The summed E-state index contributed by atoms with van der Waals surface area (Å²) < 4.78 is 12.0. The minimum absolute atomic E-state index is 0.105. The zero-order valence-electron chi connectivity index (χ0n) is 19.4. The molecule has 3 aromatic rings. The van der Waals surface area contributed by atoms with Crippen LogP contribution in [0.5, 0.6) is 5.75 Å². The van der Waals surface area contributed by atoms with Crippen LogP contribution in [0.4, 0.5) is 5.69 Å². The van der Waals surface area contributed by atoms with Gasteiger partial charge in [0.15, 0.2) is 5.17 Å². The molecule has 1 amide bonds. The first-order chi connectivity index (χ1) is 17.4. The molecule has 1 heterocycles. The van der Waals surface area contributed by atoms with E-state index in [2.05, 4.69) is 27.6 Å². The minimum atomic E-state index is -0.957. The molecule has 4 rings (SSSR count). The molecule has 1 saturated heterocycles. The number of methoxy groups -OCH3 is 1. The van der Waals surface area contributed by atoms with Gasteiger partial charge in [-0.3, -0.25) is 9.69 Å². The zero-order valence-corrected chi connectivity index (χ0v) is 22.4. The molecule has 1 N–H and O–H groups in total. The molecule has 0 bridgehead atoms. The molecule has 0 aromatic heterocycles. The predicted molar refractivity (Wildman–Crippen MR) is 150 cm³/mol. The van der Waals surface area contributed by atoms with Crippen molar-refractivity contribution in [3.63, 3.8) is 0 Å². The van der Waals surface area contributed by atoms with Crippen LogP contribution in [0.1, 0.15) is 21.5 Å². The molecule has 7 nitrogen and oxygen atoms in total. The molecule has 0 spiro atoms. The fourth-order valence-electron chi connectivity index (χ4n) is 3.36. The number of para-hydroxylation sites is 1. The molecule has 36 heavy (non-hydrogen) atoms. The van der Waals surface area contributed by atoms with E-state index in [0.29, 0.717) is 35.6 Å². The van der Waals surface area contributed by atoms with Gasteiger partial charge in [-0.15, -0.1) is 0 Å². The molecule has 3 aromatic carbocycles. The highest BCUT2D eigenvalue weighted by Gasteiger charge is 2.33. The van der Waals surface area contributed by atoms with Crippen molar-refractivity contribution < 1.29 is 24.2 Å². The van der Waals surface area contributed by atoms with Crippen LogP contribution in [0, 0.1) is 3.57 Å². The molecule has 0 saturated carbocycles. The topological polar surface area (TPSA) is 88.4 Å². The first-order valence-corrected chi connectivity index (χ1v) is 12.9. The largest absolute Gasteiger partial charge is 0.488 e. The number of carbonyl (C=O) groups excluding carboxylic acids is 1. The summed E-state index contributed by atoms with van der Waals surface area (Å²) in [6.45, 7) is 1.15. The molecule has 1 aliphatic heterocycles. The Bertz CT molecular complexity index is 1310. The Morgan fingerprint density at radius 1 is 1.11 bits per heavy atom. The van der Waals surface area contributed by atoms with Gasteiger partial charge >= 0.3 is 5.97 Å². The lowest BCUT2D eigenvalue weighted by Crippen LogP contribution is -2.32. The number of carbonyl (C=O) groups is 2. The number of amidine groups is 1. The summed E-state index contributed by atoms with van der Waals surface area (Å²) in [6.07, 6.45) is 1.86. The van der Waals surface area contributed by atoms with Gasteiger partial charge in [0.2, 0.25) is 0 Å². The van der Waals surface area contributed by atoms with Gasteiger partial charge in [-0.05, 0) is 88.0 Å². The lowest BCUT2D eigenvalue weighted by Gasteiger charge is -2.14. The normalized spacial score (nSPS) is 15.6. The Morgan fingerprint density at radius 2 is 1.86 bits per heavy atom. The van der Waals surface area contributed by atoms with Crippen LogP contribution in [0.15, 0.2) is 82.7 Å². The molecule has 0 radical (unpaired) electrons. The summed E-state index contributed by atoms with van der Waals surface area (Å²) in [5, 5.41) is 9.65. The zero-order chi connectivity index (χ0) is 25.5. The second kappa shape index (κ2) is 12.2. The number of carboxylic acid groups (broad SMARTS) is 1. The molecular weight excluding hydrogens is 591 g/mol. The van der Waals surface area contributed by atoms with Crippen molar-refractivity contribution in [2.45, 2.75) is 6.61 Å². The maximum Gasteiger partial charge on any atom is 0.335 e. The lowest BCUT2D eigenvalue weighted by atomic mass is 10.1. The van der Waals surface area contributed by atoms with Crippen LogP contribution in [0.3, 0.4) is 0 Å². The van der Waals surface area contributed by atoms with E-state index in [4.69, 9.17) is 14.6 Å². The quantitative estimate of drug-likeness (QED) is 0.242. The lowest BCUT2D eigenvalue weighted by molar-refractivity contribution is -0.122. The SMILES string of the molecule is COCCN1C(=O)/C(=C\c2ccc(OCc3ccc(C(=O)O)cc3)c(I)c2)SC1=Nc1ccccc1. The van der Waals surface area contributed by atoms with E-state index >= 15 is 0 Å². The molecule has 9 heteroatoms. The molecule has 184 valence electrons. The Kier molecular flexibility index (Phi) is 8.79. The van der Waals surface area contributed by atoms with E-state index in [1.54, 1.807) is 36.3 Å². The number of nitrogens with zero attached hydrogens (tertiary/aromatic N) is 2. The second-order valence-corrected chi connectivity index (χ2v) is 9.94. The number of hydrogen-bond donors (Lipinski definition) is 1. The number of ether oxygens (including phenoxy) is 2. The van der Waals surface area contributed by atoms with E-state index in [1.165, 1.54) is 11.8 Å². The highest BCUT2D eigenvalue weighted by molar-refractivity contribution is 14.1. The van der Waals surface area contributed by atoms with Crippen molar-refractivity contribution in [1.82, 2.24) is 4.90 Å². The number of halogens is 1. The predicted octanol–water partition coefficient (Wildman–Crippen LogP) is 5.82. The second-order valence-electron chi connectivity index (χ2n) is 7.77. The molecule has 1 fully saturated rings. The van der Waals surface area contributed by atoms with Gasteiger partial charge in [-0.1, -0.05) is 36.4 Å². The average Bonchev–Trinajstić information content (AvgIpc) is 3.16.